The zero-order chi connectivity index (χ0) is 24.0. The van der Waals surface area contributed by atoms with Crippen molar-refractivity contribution in [2.24, 2.45) is 5.92 Å². The monoisotopic (exact) mass is 447 g/mol. The number of nitriles is 1. The highest BCUT2D eigenvalue weighted by atomic mass is 16.5. The van der Waals surface area contributed by atoms with E-state index in [2.05, 4.69) is 33.9 Å². The topological polar surface area (TPSA) is 123 Å². The Hall–Kier alpha value is -4.19. The van der Waals surface area contributed by atoms with Gasteiger partial charge in [-0.1, -0.05) is 37.1 Å². The Morgan fingerprint density at radius 1 is 1.24 bits per heavy atom. The number of anilines is 1. The van der Waals surface area contributed by atoms with Crippen LogP contribution in [0.1, 0.15) is 30.8 Å². The van der Waals surface area contributed by atoms with Gasteiger partial charge in [-0.3, -0.25) is 10.1 Å². The quantitative estimate of drug-likeness (QED) is 0.315. The fourth-order valence-electron chi connectivity index (χ4n) is 3.25. The fraction of sp³-hybridized carbons (Fsp3) is 0.292. The standard InChI is InChI=1S/C24H25N5O4/c1-15(2)13-29-16(3)10-19(17(29)4)11-20(12-25)23(31)32-14-21(30)26-24-28-27-22(33-24)18-8-6-5-7-9-18/h5-11,15H,13-14H2,1-4H3,(H,26,28,30)/b20-11+. The van der Waals surface area contributed by atoms with Gasteiger partial charge in [0.2, 0.25) is 5.89 Å². The summed E-state index contributed by atoms with van der Waals surface area (Å²) in [6, 6.07) is 12.7. The smallest absolute Gasteiger partial charge is 0.349 e. The van der Waals surface area contributed by atoms with Crippen LogP contribution in [0.4, 0.5) is 6.01 Å². The minimum absolute atomic E-state index is 0.122. The van der Waals surface area contributed by atoms with Gasteiger partial charge in [0, 0.05) is 23.5 Å². The lowest BCUT2D eigenvalue weighted by Gasteiger charge is -2.12. The van der Waals surface area contributed by atoms with Gasteiger partial charge in [0.05, 0.1) is 0 Å². The highest BCUT2D eigenvalue weighted by molar-refractivity contribution is 6.00. The van der Waals surface area contributed by atoms with Crippen molar-refractivity contribution in [2.75, 3.05) is 11.9 Å². The van der Waals surface area contributed by atoms with E-state index in [0.29, 0.717) is 11.5 Å². The Morgan fingerprint density at radius 2 is 1.97 bits per heavy atom. The number of hydrogen-bond acceptors (Lipinski definition) is 7. The number of aryl methyl sites for hydroxylation is 1. The molecular formula is C24H25N5O4. The summed E-state index contributed by atoms with van der Waals surface area (Å²) < 4.78 is 12.5. The number of benzene rings is 1. The van der Waals surface area contributed by atoms with Crippen molar-refractivity contribution in [3.63, 3.8) is 0 Å². The second-order valence-corrected chi connectivity index (χ2v) is 7.90. The summed E-state index contributed by atoms with van der Waals surface area (Å²) in [5.74, 6) is -0.864. The van der Waals surface area contributed by atoms with E-state index in [0.717, 1.165) is 23.5 Å². The number of nitrogens with zero attached hydrogens (tertiary/aromatic N) is 4. The molecule has 1 amide bonds. The van der Waals surface area contributed by atoms with Crippen molar-refractivity contribution in [1.29, 1.82) is 5.26 Å². The van der Waals surface area contributed by atoms with E-state index in [1.54, 1.807) is 12.1 Å². The van der Waals surface area contributed by atoms with Crippen molar-refractivity contribution in [3.05, 3.63) is 58.9 Å². The normalized spacial score (nSPS) is 11.3. The summed E-state index contributed by atoms with van der Waals surface area (Å²) in [5, 5.41) is 19.4. The molecule has 0 aliphatic heterocycles. The number of carbonyl (C=O) groups is 2. The number of aromatic nitrogens is 3. The molecule has 33 heavy (non-hydrogen) atoms. The zero-order valence-electron chi connectivity index (χ0n) is 19.0. The van der Waals surface area contributed by atoms with Crippen LogP contribution in [0.2, 0.25) is 0 Å². The van der Waals surface area contributed by atoms with Gasteiger partial charge in [-0.15, -0.1) is 5.10 Å². The van der Waals surface area contributed by atoms with Crippen LogP contribution in [0, 0.1) is 31.1 Å². The zero-order valence-corrected chi connectivity index (χ0v) is 19.0. The molecule has 0 bridgehead atoms. The second kappa shape index (κ2) is 10.4. The van der Waals surface area contributed by atoms with Crippen LogP contribution in [-0.4, -0.2) is 33.2 Å². The van der Waals surface area contributed by atoms with Crippen molar-refractivity contribution in [2.45, 2.75) is 34.2 Å². The van der Waals surface area contributed by atoms with Gasteiger partial charge in [0.15, 0.2) is 6.61 Å². The van der Waals surface area contributed by atoms with Gasteiger partial charge < -0.3 is 13.7 Å². The first-order valence-corrected chi connectivity index (χ1v) is 10.4. The van der Waals surface area contributed by atoms with Crippen LogP contribution in [0.5, 0.6) is 0 Å². The number of carbonyl (C=O) groups excluding carboxylic acids is 2. The minimum Gasteiger partial charge on any atom is -0.451 e. The third kappa shape index (κ3) is 5.95. The predicted molar refractivity (Wildman–Crippen MR) is 122 cm³/mol. The molecule has 1 N–H and O–H groups in total. The van der Waals surface area contributed by atoms with Crippen LogP contribution in [0.3, 0.4) is 0 Å². The molecule has 0 saturated carbocycles. The predicted octanol–water partition coefficient (Wildman–Crippen LogP) is 3.90. The van der Waals surface area contributed by atoms with E-state index in [1.807, 2.05) is 44.2 Å². The Kier molecular flexibility index (Phi) is 7.41. The highest BCUT2D eigenvalue weighted by Crippen LogP contribution is 2.21. The third-order valence-corrected chi connectivity index (χ3v) is 4.83. The summed E-state index contributed by atoms with van der Waals surface area (Å²) in [6.07, 6.45) is 1.48. The molecule has 0 spiro atoms. The molecule has 9 heteroatoms. The van der Waals surface area contributed by atoms with E-state index in [4.69, 9.17) is 9.15 Å². The molecule has 0 fully saturated rings. The summed E-state index contributed by atoms with van der Waals surface area (Å²) in [4.78, 5) is 24.5. The lowest BCUT2D eigenvalue weighted by Crippen LogP contribution is -2.21. The highest BCUT2D eigenvalue weighted by Gasteiger charge is 2.17. The van der Waals surface area contributed by atoms with Gasteiger partial charge >= 0.3 is 12.0 Å². The largest absolute Gasteiger partial charge is 0.451 e. The molecule has 170 valence electrons. The first-order valence-electron chi connectivity index (χ1n) is 10.4. The molecule has 0 aliphatic rings. The van der Waals surface area contributed by atoms with Gasteiger partial charge in [-0.2, -0.15) is 5.26 Å². The Labute approximate surface area is 191 Å². The second-order valence-electron chi connectivity index (χ2n) is 7.90. The molecule has 9 nitrogen and oxygen atoms in total. The van der Waals surface area contributed by atoms with E-state index in [9.17, 15) is 14.9 Å². The van der Waals surface area contributed by atoms with Crippen LogP contribution < -0.4 is 5.32 Å². The fourth-order valence-corrected chi connectivity index (χ4v) is 3.25. The molecule has 3 rings (SSSR count). The third-order valence-electron chi connectivity index (χ3n) is 4.83. The maximum Gasteiger partial charge on any atom is 0.349 e. The van der Waals surface area contributed by atoms with Crippen LogP contribution in [-0.2, 0) is 20.9 Å². The maximum absolute atomic E-state index is 12.4. The van der Waals surface area contributed by atoms with Crippen molar-refractivity contribution in [3.8, 4) is 17.5 Å². The first-order chi connectivity index (χ1) is 15.8. The SMILES string of the molecule is Cc1cc(/C=C(\C#N)C(=O)OCC(=O)Nc2nnc(-c3ccccc3)o2)c(C)n1CC(C)C. The molecule has 0 unspecified atom stereocenters. The van der Waals surface area contributed by atoms with Gasteiger partial charge in [0.1, 0.15) is 11.6 Å². The molecule has 3 aromatic rings. The van der Waals surface area contributed by atoms with Gasteiger partial charge in [-0.05, 0) is 49.6 Å². The first kappa shape index (κ1) is 23.5. The Morgan fingerprint density at radius 3 is 2.64 bits per heavy atom. The lowest BCUT2D eigenvalue weighted by molar-refractivity contribution is -0.142. The summed E-state index contributed by atoms with van der Waals surface area (Å²) in [5.41, 5.74) is 3.24. The summed E-state index contributed by atoms with van der Waals surface area (Å²) >= 11 is 0. The van der Waals surface area contributed by atoms with Crippen molar-refractivity contribution in [1.82, 2.24) is 14.8 Å². The number of amides is 1. The Bertz CT molecular complexity index is 1220. The summed E-state index contributed by atoms with van der Waals surface area (Å²) in [7, 11) is 0. The maximum atomic E-state index is 12.4. The van der Waals surface area contributed by atoms with Crippen molar-refractivity contribution >= 4 is 24.0 Å². The molecule has 0 aliphatic carbocycles. The van der Waals surface area contributed by atoms with Gasteiger partial charge in [0.25, 0.3) is 5.91 Å². The van der Waals surface area contributed by atoms with Crippen LogP contribution >= 0.6 is 0 Å². The average Bonchev–Trinajstić information content (AvgIpc) is 3.36. The van der Waals surface area contributed by atoms with Crippen LogP contribution in [0.25, 0.3) is 17.5 Å². The minimum atomic E-state index is -0.892. The lowest BCUT2D eigenvalue weighted by atomic mass is 10.1. The van der Waals surface area contributed by atoms with Crippen LogP contribution in [0.15, 0.2) is 46.4 Å². The number of esters is 1. The summed E-state index contributed by atoms with van der Waals surface area (Å²) in [6.45, 7) is 8.38. The molecular weight excluding hydrogens is 422 g/mol. The molecule has 1 aromatic carbocycles. The van der Waals surface area contributed by atoms with Crippen molar-refractivity contribution < 1.29 is 18.7 Å². The molecule has 0 saturated heterocycles. The molecule has 0 atom stereocenters. The number of ether oxygens (including phenoxy) is 1. The molecule has 2 aromatic heterocycles. The Balaban J connectivity index is 1.61. The number of hydrogen-bond donors (Lipinski definition) is 1. The average molecular weight is 447 g/mol. The van der Waals surface area contributed by atoms with E-state index in [-0.39, 0.29) is 17.5 Å². The van der Waals surface area contributed by atoms with E-state index in [1.165, 1.54) is 6.08 Å². The van der Waals surface area contributed by atoms with E-state index >= 15 is 0 Å². The van der Waals surface area contributed by atoms with Gasteiger partial charge in [-0.25, -0.2) is 4.79 Å². The molecule has 2 heterocycles. The number of rotatable bonds is 8. The molecule has 0 radical (unpaired) electrons. The number of nitrogens with one attached hydrogen (secondary N) is 1. The van der Waals surface area contributed by atoms with E-state index < -0.39 is 18.5 Å².